The molecule has 0 unspecified atom stereocenters. The summed E-state index contributed by atoms with van der Waals surface area (Å²) in [5.74, 6) is 1.46. The third-order valence-electron chi connectivity index (χ3n) is 4.57. The molecule has 1 aromatic rings. The molecule has 0 spiro atoms. The minimum atomic E-state index is 0.0762. The maximum absolute atomic E-state index is 11.2. The van der Waals surface area contributed by atoms with Crippen molar-refractivity contribution in [2.75, 3.05) is 5.32 Å². The number of thiocarbonyl (C=S) groups is 1. The Kier molecular flexibility index (Phi) is 5.34. The van der Waals surface area contributed by atoms with Crippen molar-refractivity contribution in [2.24, 2.45) is 11.8 Å². The molecule has 1 fully saturated rings. The second-order valence-corrected chi connectivity index (χ2v) is 6.51. The SMILES string of the molecule is CC(=O)c1ccc(NC(=S)N[C@@H]2CCC[C@H](C)[C@H]2C)cc1. The Morgan fingerprint density at radius 3 is 2.48 bits per heavy atom. The van der Waals surface area contributed by atoms with Crippen LogP contribution in [0.1, 0.15) is 50.4 Å². The molecule has 3 nitrogen and oxygen atoms in total. The quantitative estimate of drug-likeness (QED) is 0.654. The Labute approximate surface area is 132 Å². The van der Waals surface area contributed by atoms with Crippen LogP contribution in [0.5, 0.6) is 0 Å². The monoisotopic (exact) mass is 304 g/mol. The van der Waals surface area contributed by atoms with Gasteiger partial charge in [0.05, 0.1) is 0 Å². The summed E-state index contributed by atoms with van der Waals surface area (Å²) < 4.78 is 0. The molecule has 4 heteroatoms. The highest BCUT2D eigenvalue weighted by atomic mass is 32.1. The maximum atomic E-state index is 11.2. The van der Waals surface area contributed by atoms with E-state index in [1.165, 1.54) is 19.3 Å². The Balaban J connectivity index is 1.90. The second kappa shape index (κ2) is 7.03. The van der Waals surface area contributed by atoms with E-state index in [-0.39, 0.29) is 5.78 Å². The third kappa shape index (κ3) is 4.27. The average molecular weight is 304 g/mol. The number of nitrogens with one attached hydrogen (secondary N) is 2. The lowest BCUT2D eigenvalue weighted by Gasteiger charge is -2.35. The predicted molar refractivity (Wildman–Crippen MR) is 91.8 cm³/mol. The van der Waals surface area contributed by atoms with Crippen molar-refractivity contribution < 1.29 is 4.79 Å². The third-order valence-corrected chi connectivity index (χ3v) is 4.79. The second-order valence-electron chi connectivity index (χ2n) is 6.11. The summed E-state index contributed by atoms with van der Waals surface area (Å²) in [6, 6.07) is 7.86. The lowest BCUT2D eigenvalue weighted by Crippen LogP contribution is -2.45. The molecule has 0 amide bonds. The molecule has 21 heavy (non-hydrogen) atoms. The van der Waals surface area contributed by atoms with Crippen LogP contribution in [0, 0.1) is 11.8 Å². The number of rotatable bonds is 3. The summed E-state index contributed by atoms with van der Waals surface area (Å²) in [6.45, 7) is 6.18. The minimum Gasteiger partial charge on any atom is -0.359 e. The summed E-state index contributed by atoms with van der Waals surface area (Å²) in [4.78, 5) is 11.2. The van der Waals surface area contributed by atoms with Crippen molar-refractivity contribution in [1.29, 1.82) is 0 Å². The molecule has 1 saturated carbocycles. The Morgan fingerprint density at radius 1 is 1.19 bits per heavy atom. The Morgan fingerprint density at radius 2 is 1.86 bits per heavy atom. The van der Waals surface area contributed by atoms with E-state index in [0.29, 0.717) is 22.6 Å². The lowest BCUT2D eigenvalue weighted by atomic mass is 9.78. The number of Topliss-reactive ketones (excluding diaryl/α,β-unsaturated/α-hetero) is 1. The molecule has 0 aliphatic heterocycles. The first-order valence-corrected chi connectivity index (χ1v) is 8.06. The zero-order valence-corrected chi connectivity index (χ0v) is 13.8. The molecule has 0 aromatic heterocycles. The van der Waals surface area contributed by atoms with E-state index in [4.69, 9.17) is 12.2 Å². The van der Waals surface area contributed by atoms with Gasteiger partial charge in [0.1, 0.15) is 0 Å². The standard InChI is InChI=1S/C17H24N2OS/c1-11-5-4-6-16(12(11)2)19-17(21)18-15-9-7-14(8-10-15)13(3)20/h7-12,16H,4-6H2,1-3H3,(H2,18,19,21)/t11-,12+,16+/m0/s1. The highest BCUT2D eigenvalue weighted by Crippen LogP contribution is 2.29. The van der Waals surface area contributed by atoms with Crippen molar-refractivity contribution in [3.05, 3.63) is 29.8 Å². The molecular weight excluding hydrogens is 280 g/mol. The number of carbonyl (C=O) groups is 1. The Bertz CT molecular complexity index is 512. The number of ketones is 1. The number of hydrogen-bond donors (Lipinski definition) is 2. The number of benzene rings is 1. The van der Waals surface area contributed by atoms with E-state index in [2.05, 4.69) is 24.5 Å². The van der Waals surface area contributed by atoms with Crippen LogP contribution >= 0.6 is 12.2 Å². The zero-order chi connectivity index (χ0) is 15.4. The van der Waals surface area contributed by atoms with Crippen molar-refractivity contribution in [1.82, 2.24) is 5.32 Å². The van der Waals surface area contributed by atoms with Crippen molar-refractivity contribution in [3.8, 4) is 0 Å². The molecule has 1 aliphatic carbocycles. The number of carbonyl (C=O) groups excluding carboxylic acids is 1. The molecular formula is C17H24N2OS. The van der Waals surface area contributed by atoms with E-state index < -0.39 is 0 Å². The normalized spacial score (nSPS) is 25.2. The van der Waals surface area contributed by atoms with Gasteiger partial charge >= 0.3 is 0 Å². The van der Waals surface area contributed by atoms with Gasteiger partial charge in [-0.2, -0.15) is 0 Å². The zero-order valence-electron chi connectivity index (χ0n) is 13.0. The molecule has 0 heterocycles. The van der Waals surface area contributed by atoms with Gasteiger partial charge in [-0.1, -0.05) is 26.7 Å². The molecule has 0 saturated heterocycles. The van der Waals surface area contributed by atoms with Gasteiger partial charge < -0.3 is 10.6 Å². The van der Waals surface area contributed by atoms with Crippen LogP contribution in [0.2, 0.25) is 0 Å². The van der Waals surface area contributed by atoms with Crippen LogP contribution in [0.25, 0.3) is 0 Å². The largest absolute Gasteiger partial charge is 0.359 e. The fraction of sp³-hybridized carbons (Fsp3) is 0.529. The van der Waals surface area contributed by atoms with Crippen molar-refractivity contribution >= 4 is 28.8 Å². The summed E-state index contributed by atoms with van der Waals surface area (Å²) >= 11 is 5.40. The molecule has 2 rings (SSSR count). The molecule has 0 radical (unpaired) electrons. The lowest BCUT2D eigenvalue weighted by molar-refractivity contribution is 0.101. The topological polar surface area (TPSA) is 41.1 Å². The van der Waals surface area contributed by atoms with Crippen molar-refractivity contribution in [3.63, 3.8) is 0 Å². The fourth-order valence-electron chi connectivity index (χ4n) is 2.91. The first-order valence-electron chi connectivity index (χ1n) is 7.66. The molecule has 0 bridgehead atoms. The molecule has 1 aromatic carbocycles. The van der Waals surface area contributed by atoms with E-state index in [1.807, 2.05) is 24.3 Å². The highest BCUT2D eigenvalue weighted by molar-refractivity contribution is 7.80. The van der Waals surface area contributed by atoms with Crippen LogP contribution in [-0.2, 0) is 0 Å². The smallest absolute Gasteiger partial charge is 0.171 e. The van der Waals surface area contributed by atoms with Gasteiger partial charge in [0.2, 0.25) is 0 Å². The first-order chi connectivity index (χ1) is 9.97. The van der Waals surface area contributed by atoms with Crippen LogP contribution in [-0.4, -0.2) is 16.9 Å². The van der Waals surface area contributed by atoms with Crippen LogP contribution < -0.4 is 10.6 Å². The van der Waals surface area contributed by atoms with Gasteiger partial charge in [-0.05, 0) is 61.7 Å². The van der Waals surface area contributed by atoms with Gasteiger partial charge in [0.15, 0.2) is 10.9 Å². The summed E-state index contributed by atoms with van der Waals surface area (Å²) in [5.41, 5.74) is 1.63. The average Bonchev–Trinajstić information content (AvgIpc) is 2.44. The van der Waals surface area contributed by atoms with Crippen LogP contribution in [0.4, 0.5) is 5.69 Å². The predicted octanol–water partition coefficient (Wildman–Crippen LogP) is 4.00. The molecule has 114 valence electrons. The fourth-order valence-corrected chi connectivity index (χ4v) is 3.18. The molecule has 3 atom stereocenters. The summed E-state index contributed by atoms with van der Waals surface area (Å²) in [7, 11) is 0. The van der Waals surface area contributed by atoms with Gasteiger partial charge in [-0.25, -0.2) is 0 Å². The molecule has 1 aliphatic rings. The maximum Gasteiger partial charge on any atom is 0.171 e. The van der Waals surface area contributed by atoms with E-state index in [1.54, 1.807) is 6.92 Å². The Hall–Kier alpha value is -1.42. The first kappa shape index (κ1) is 16.0. The van der Waals surface area contributed by atoms with E-state index in [0.717, 1.165) is 11.6 Å². The van der Waals surface area contributed by atoms with Gasteiger partial charge in [-0.15, -0.1) is 0 Å². The summed E-state index contributed by atoms with van der Waals surface area (Å²) in [5, 5.41) is 7.30. The molecule has 2 N–H and O–H groups in total. The minimum absolute atomic E-state index is 0.0762. The summed E-state index contributed by atoms with van der Waals surface area (Å²) in [6.07, 6.45) is 3.75. The van der Waals surface area contributed by atoms with Gasteiger partial charge in [0, 0.05) is 17.3 Å². The van der Waals surface area contributed by atoms with E-state index in [9.17, 15) is 4.79 Å². The van der Waals surface area contributed by atoms with Crippen LogP contribution in [0.3, 0.4) is 0 Å². The highest BCUT2D eigenvalue weighted by Gasteiger charge is 2.27. The van der Waals surface area contributed by atoms with Crippen molar-refractivity contribution in [2.45, 2.75) is 46.1 Å². The number of anilines is 1. The van der Waals surface area contributed by atoms with Gasteiger partial charge in [-0.3, -0.25) is 4.79 Å². The van der Waals surface area contributed by atoms with E-state index >= 15 is 0 Å². The van der Waals surface area contributed by atoms with Crippen LogP contribution in [0.15, 0.2) is 24.3 Å². The number of hydrogen-bond acceptors (Lipinski definition) is 2. The van der Waals surface area contributed by atoms with Gasteiger partial charge in [0.25, 0.3) is 0 Å².